The number of aliphatic carboxylic acids is 1. The number of thiophene rings is 1. The molecule has 0 atom stereocenters. The van der Waals surface area contributed by atoms with E-state index in [2.05, 4.69) is 5.32 Å². The standard InChI is InChI=1S/C13H15NO4S2/c1-8(15)9-6-10(20-7-9)11(16)14-13(12(17)18)2-4-19-5-3-13/h6-7H,2-5H2,1H3,(H,14,16)(H,17,18). The van der Waals surface area contributed by atoms with Crippen LogP contribution in [0.4, 0.5) is 0 Å². The first kappa shape index (κ1) is 15.1. The van der Waals surface area contributed by atoms with Gasteiger partial charge < -0.3 is 10.4 Å². The van der Waals surface area contributed by atoms with Gasteiger partial charge in [0.2, 0.25) is 0 Å². The summed E-state index contributed by atoms with van der Waals surface area (Å²) in [5.74, 6) is -0.0839. The van der Waals surface area contributed by atoms with Crippen LogP contribution < -0.4 is 5.32 Å². The molecule has 2 N–H and O–H groups in total. The zero-order valence-corrected chi connectivity index (χ0v) is 12.6. The Bertz CT molecular complexity index is 546. The van der Waals surface area contributed by atoms with Crippen LogP contribution in [-0.4, -0.2) is 39.8 Å². The number of nitrogens with one attached hydrogen (secondary N) is 1. The average Bonchev–Trinajstić information content (AvgIpc) is 2.89. The average molecular weight is 313 g/mol. The van der Waals surface area contributed by atoms with Gasteiger partial charge in [-0.1, -0.05) is 0 Å². The predicted octanol–water partition coefficient (Wildman–Crippen LogP) is 2.03. The summed E-state index contributed by atoms with van der Waals surface area (Å²) in [6.45, 7) is 1.43. The highest BCUT2D eigenvalue weighted by Gasteiger charge is 2.41. The van der Waals surface area contributed by atoms with Gasteiger partial charge in [0.1, 0.15) is 5.54 Å². The lowest BCUT2D eigenvalue weighted by Gasteiger charge is -2.33. The molecule has 0 aromatic carbocycles. The Morgan fingerprint density at radius 1 is 1.30 bits per heavy atom. The molecule has 1 aromatic rings. The van der Waals surface area contributed by atoms with Crippen LogP contribution in [0.15, 0.2) is 11.4 Å². The van der Waals surface area contributed by atoms with Crippen LogP contribution in [0, 0.1) is 0 Å². The largest absolute Gasteiger partial charge is 0.480 e. The molecule has 1 saturated heterocycles. The van der Waals surface area contributed by atoms with Gasteiger partial charge in [0.25, 0.3) is 5.91 Å². The third-order valence-electron chi connectivity index (χ3n) is 3.34. The Morgan fingerprint density at radius 3 is 2.45 bits per heavy atom. The highest BCUT2D eigenvalue weighted by atomic mass is 32.2. The number of carbonyl (C=O) groups excluding carboxylic acids is 2. The van der Waals surface area contributed by atoms with Crippen molar-refractivity contribution in [1.29, 1.82) is 0 Å². The van der Waals surface area contributed by atoms with E-state index in [0.29, 0.717) is 23.3 Å². The summed E-state index contributed by atoms with van der Waals surface area (Å²) >= 11 is 2.84. The molecule has 0 bridgehead atoms. The number of hydrogen-bond acceptors (Lipinski definition) is 5. The van der Waals surface area contributed by atoms with E-state index in [-0.39, 0.29) is 5.78 Å². The van der Waals surface area contributed by atoms with Crippen molar-refractivity contribution in [3.05, 3.63) is 21.9 Å². The van der Waals surface area contributed by atoms with Crippen LogP contribution in [-0.2, 0) is 4.79 Å². The van der Waals surface area contributed by atoms with Crippen LogP contribution in [0.3, 0.4) is 0 Å². The monoisotopic (exact) mass is 313 g/mol. The van der Waals surface area contributed by atoms with Gasteiger partial charge in [-0.3, -0.25) is 9.59 Å². The number of hydrogen-bond donors (Lipinski definition) is 2. The Balaban J connectivity index is 2.15. The van der Waals surface area contributed by atoms with Crippen molar-refractivity contribution in [2.75, 3.05) is 11.5 Å². The number of ketones is 1. The molecule has 0 aliphatic carbocycles. The number of carbonyl (C=O) groups is 3. The number of amides is 1. The zero-order valence-electron chi connectivity index (χ0n) is 11.0. The minimum Gasteiger partial charge on any atom is -0.480 e. The van der Waals surface area contributed by atoms with Crippen LogP contribution in [0.1, 0.15) is 39.8 Å². The summed E-state index contributed by atoms with van der Waals surface area (Å²) in [5, 5.41) is 13.7. The fourth-order valence-corrected chi connectivity index (χ4v) is 4.06. The SMILES string of the molecule is CC(=O)c1csc(C(=O)NC2(C(=O)O)CCSCC2)c1. The Labute approximate surface area is 124 Å². The molecule has 7 heteroatoms. The van der Waals surface area contributed by atoms with Crippen molar-refractivity contribution in [1.82, 2.24) is 5.32 Å². The second-order valence-corrected chi connectivity index (χ2v) is 6.85. The summed E-state index contributed by atoms with van der Waals surface area (Å²) in [7, 11) is 0. The Kier molecular flexibility index (Phi) is 4.49. The summed E-state index contributed by atoms with van der Waals surface area (Å²) < 4.78 is 0. The first-order valence-corrected chi connectivity index (χ1v) is 8.21. The predicted molar refractivity (Wildman–Crippen MR) is 78.7 cm³/mol. The number of Topliss-reactive ketones (excluding diaryl/α,β-unsaturated/α-hetero) is 1. The summed E-state index contributed by atoms with van der Waals surface area (Å²) in [5.41, 5.74) is -0.702. The molecule has 2 rings (SSSR count). The van der Waals surface area contributed by atoms with Gasteiger partial charge in [0.15, 0.2) is 5.78 Å². The number of rotatable bonds is 4. The number of thioether (sulfide) groups is 1. The van der Waals surface area contributed by atoms with Gasteiger partial charge in [0, 0.05) is 10.9 Å². The lowest BCUT2D eigenvalue weighted by atomic mass is 9.92. The molecule has 1 aromatic heterocycles. The molecule has 1 aliphatic heterocycles. The molecule has 0 unspecified atom stereocenters. The first-order chi connectivity index (χ1) is 9.44. The minimum absolute atomic E-state index is 0.109. The van der Waals surface area contributed by atoms with Crippen LogP contribution >= 0.6 is 23.1 Å². The van der Waals surface area contributed by atoms with Crippen LogP contribution in [0.25, 0.3) is 0 Å². The maximum atomic E-state index is 12.2. The van der Waals surface area contributed by atoms with Gasteiger partial charge >= 0.3 is 5.97 Å². The second kappa shape index (κ2) is 5.97. The normalized spacial score (nSPS) is 17.4. The molecular formula is C13H15NO4S2. The van der Waals surface area contributed by atoms with Gasteiger partial charge in [-0.25, -0.2) is 4.79 Å². The molecule has 0 radical (unpaired) electrons. The van der Waals surface area contributed by atoms with Crippen molar-refractivity contribution in [3.63, 3.8) is 0 Å². The van der Waals surface area contributed by atoms with E-state index in [1.807, 2.05) is 0 Å². The molecule has 20 heavy (non-hydrogen) atoms. The van der Waals surface area contributed by atoms with E-state index in [1.54, 1.807) is 17.1 Å². The molecule has 1 aliphatic rings. The molecule has 5 nitrogen and oxygen atoms in total. The van der Waals surface area contributed by atoms with Gasteiger partial charge in [-0.2, -0.15) is 11.8 Å². The van der Waals surface area contributed by atoms with E-state index < -0.39 is 17.4 Å². The van der Waals surface area contributed by atoms with Crippen molar-refractivity contribution >= 4 is 40.8 Å². The molecule has 1 fully saturated rings. The second-order valence-electron chi connectivity index (χ2n) is 4.71. The quantitative estimate of drug-likeness (QED) is 0.831. The fraction of sp³-hybridized carbons (Fsp3) is 0.462. The first-order valence-electron chi connectivity index (χ1n) is 6.18. The van der Waals surface area contributed by atoms with E-state index in [0.717, 1.165) is 22.8 Å². The third kappa shape index (κ3) is 3.04. The smallest absolute Gasteiger partial charge is 0.329 e. The molecule has 2 heterocycles. The summed E-state index contributed by atoms with van der Waals surface area (Å²) in [6, 6.07) is 1.51. The maximum Gasteiger partial charge on any atom is 0.329 e. The lowest BCUT2D eigenvalue weighted by molar-refractivity contribution is -0.144. The Hall–Kier alpha value is -1.34. The molecule has 1 amide bonds. The third-order valence-corrected chi connectivity index (χ3v) is 5.25. The topological polar surface area (TPSA) is 83.5 Å². The number of carboxylic acids is 1. The van der Waals surface area contributed by atoms with Crippen molar-refractivity contribution in [2.45, 2.75) is 25.3 Å². The number of carboxylic acid groups (broad SMARTS) is 1. The molecule has 0 saturated carbocycles. The fourth-order valence-electron chi connectivity index (χ4n) is 2.03. The molecular weight excluding hydrogens is 298 g/mol. The minimum atomic E-state index is -1.18. The van der Waals surface area contributed by atoms with Crippen molar-refractivity contribution in [3.8, 4) is 0 Å². The zero-order chi connectivity index (χ0) is 14.8. The van der Waals surface area contributed by atoms with Gasteiger partial charge in [-0.05, 0) is 37.3 Å². The Morgan fingerprint density at radius 2 is 1.95 bits per heavy atom. The van der Waals surface area contributed by atoms with E-state index in [9.17, 15) is 19.5 Å². The molecule has 0 spiro atoms. The highest BCUT2D eigenvalue weighted by molar-refractivity contribution is 7.99. The molecule has 108 valence electrons. The summed E-state index contributed by atoms with van der Waals surface area (Å²) in [4.78, 5) is 35.2. The van der Waals surface area contributed by atoms with E-state index in [1.165, 1.54) is 13.0 Å². The van der Waals surface area contributed by atoms with Crippen LogP contribution in [0.5, 0.6) is 0 Å². The van der Waals surface area contributed by atoms with E-state index >= 15 is 0 Å². The summed E-state index contributed by atoms with van der Waals surface area (Å²) in [6.07, 6.45) is 0.841. The maximum absolute atomic E-state index is 12.2. The van der Waals surface area contributed by atoms with Gasteiger partial charge in [-0.15, -0.1) is 11.3 Å². The van der Waals surface area contributed by atoms with E-state index in [4.69, 9.17) is 0 Å². The van der Waals surface area contributed by atoms with Crippen molar-refractivity contribution < 1.29 is 19.5 Å². The highest BCUT2D eigenvalue weighted by Crippen LogP contribution is 2.28. The van der Waals surface area contributed by atoms with Crippen LogP contribution in [0.2, 0.25) is 0 Å². The van der Waals surface area contributed by atoms with Gasteiger partial charge in [0.05, 0.1) is 4.88 Å². The van der Waals surface area contributed by atoms with Crippen molar-refractivity contribution in [2.24, 2.45) is 0 Å². The lowest BCUT2D eigenvalue weighted by Crippen LogP contribution is -2.56.